The van der Waals surface area contributed by atoms with Crippen LogP contribution in [0.25, 0.3) is 21.2 Å². The summed E-state index contributed by atoms with van der Waals surface area (Å²) in [4.78, 5) is 17.3. The van der Waals surface area contributed by atoms with Crippen molar-refractivity contribution in [1.82, 2.24) is 4.98 Å². The standard InChI is InChI=1S/C19H16N2O3S/c1-10-4-6-14-16(8-10)25-19(20-14)21-18(22)17-11(2)24-15-7-5-12(23-3)9-13(15)17/h4-9H,1-3H3,(H,20,21,22). The molecule has 6 heteroatoms. The van der Waals surface area contributed by atoms with Gasteiger partial charge in [0.25, 0.3) is 5.91 Å². The average molecular weight is 352 g/mol. The van der Waals surface area contributed by atoms with Gasteiger partial charge < -0.3 is 9.15 Å². The summed E-state index contributed by atoms with van der Waals surface area (Å²) >= 11 is 1.46. The number of fused-ring (bicyclic) bond motifs is 2. The maximum Gasteiger partial charge on any atom is 0.261 e. The number of rotatable bonds is 3. The number of thiazole rings is 1. The number of aryl methyl sites for hydroxylation is 2. The molecule has 2 heterocycles. The van der Waals surface area contributed by atoms with Crippen molar-refractivity contribution in [2.45, 2.75) is 13.8 Å². The van der Waals surface area contributed by atoms with E-state index in [1.54, 1.807) is 20.1 Å². The number of hydrogen-bond donors (Lipinski definition) is 1. The lowest BCUT2D eigenvalue weighted by Crippen LogP contribution is -2.12. The molecule has 25 heavy (non-hydrogen) atoms. The van der Waals surface area contributed by atoms with E-state index in [9.17, 15) is 4.79 Å². The smallest absolute Gasteiger partial charge is 0.261 e. The second-order valence-corrected chi connectivity index (χ2v) is 6.87. The Morgan fingerprint density at radius 2 is 2.04 bits per heavy atom. The summed E-state index contributed by atoms with van der Waals surface area (Å²) in [5.74, 6) is 1.01. The van der Waals surface area contributed by atoms with Gasteiger partial charge in [0, 0.05) is 5.39 Å². The van der Waals surface area contributed by atoms with E-state index >= 15 is 0 Å². The van der Waals surface area contributed by atoms with Gasteiger partial charge in [-0.05, 0) is 49.7 Å². The highest BCUT2D eigenvalue weighted by Gasteiger charge is 2.20. The number of carbonyl (C=O) groups is 1. The number of nitrogens with one attached hydrogen (secondary N) is 1. The lowest BCUT2D eigenvalue weighted by atomic mass is 10.1. The molecule has 2 aromatic carbocycles. The molecule has 0 saturated heterocycles. The Hall–Kier alpha value is -2.86. The van der Waals surface area contributed by atoms with Gasteiger partial charge in [-0.25, -0.2) is 4.98 Å². The van der Waals surface area contributed by atoms with Crippen LogP contribution >= 0.6 is 11.3 Å². The third kappa shape index (κ3) is 2.74. The van der Waals surface area contributed by atoms with Crippen LogP contribution in [0.3, 0.4) is 0 Å². The summed E-state index contributed by atoms with van der Waals surface area (Å²) in [5, 5.41) is 4.19. The van der Waals surface area contributed by atoms with E-state index in [-0.39, 0.29) is 5.91 Å². The molecule has 0 atom stereocenters. The number of benzene rings is 2. The number of methoxy groups -OCH3 is 1. The SMILES string of the molecule is COc1ccc2oc(C)c(C(=O)Nc3nc4ccc(C)cc4s3)c2c1. The van der Waals surface area contributed by atoms with Crippen molar-refractivity contribution in [2.24, 2.45) is 0 Å². The quantitative estimate of drug-likeness (QED) is 0.568. The first-order valence-corrected chi connectivity index (χ1v) is 8.62. The Morgan fingerprint density at radius 3 is 2.84 bits per heavy atom. The Balaban J connectivity index is 1.72. The molecule has 0 bridgehead atoms. The van der Waals surface area contributed by atoms with Crippen LogP contribution in [-0.4, -0.2) is 18.0 Å². The number of amides is 1. The maximum atomic E-state index is 12.8. The first-order chi connectivity index (χ1) is 12.0. The summed E-state index contributed by atoms with van der Waals surface area (Å²) in [6.45, 7) is 3.81. The zero-order chi connectivity index (χ0) is 17.6. The minimum atomic E-state index is -0.236. The van der Waals surface area contributed by atoms with Crippen LogP contribution in [0.2, 0.25) is 0 Å². The predicted molar refractivity (Wildman–Crippen MR) is 99.8 cm³/mol. The van der Waals surface area contributed by atoms with Crippen molar-refractivity contribution in [3.05, 3.63) is 53.3 Å². The van der Waals surface area contributed by atoms with Crippen LogP contribution in [-0.2, 0) is 0 Å². The molecule has 5 nitrogen and oxygen atoms in total. The predicted octanol–water partition coefficient (Wildman–Crippen LogP) is 4.92. The van der Waals surface area contributed by atoms with Crippen LogP contribution in [0.4, 0.5) is 5.13 Å². The fourth-order valence-corrected chi connectivity index (χ4v) is 3.81. The summed E-state index contributed by atoms with van der Waals surface area (Å²) < 4.78 is 12.0. The average Bonchev–Trinajstić information content (AvgIpc) is 3.12. The number of furan rings is 1. The first kappa shape index (κ1) is 15.7. The van der Waals surface area contributed by atoms with Crippen molar-refractivity contribution in [3.8, 4) is 5.75 Å². The molecule has 0 aliphatic carbocycles. The molecule has 0 saturated carbocycles. The molecular formula is C19H16N2O3S. The minimum Gasteiger partial charge on any atom is -0.497 e. The molecule has 0 radical (unpaired) electrons. The van der Waals surface area contributed by atoms with Gasteiger partial charge in [0.05, 0.1) is 22.9 Å². The molecule has 1 N–H and O–H groups in total. The number of hydrogen-bond acceptors (Lipinski definition) is 5. The monoisotopic (exact) mass is 352 g/mol. The highest BCUT2D eigenvalue weighted by Crippen LogP contribution is 2.31. The topological polar surface area (TPSA) is 64.4 Å². The minimum absolute atomic E-state index is 0.236. The summed E-state index contributed by atoms with van der Waals surface area (Å²) in [6.07, 6.45) is 0. The van der Waals surface area contributed by atoms with Gasteiger partial charge in [-0.1, -0.05) is 17.4 Å². The molecule has 1 amide bonds. The molecule has 0 unspecified atom stereocenters. The van der Waals surface area contributed by atoms with Gasteiger partial charge in [-0.15, -0.1) is 0 Å². The van der Waals surface area contributed by atoms with Crippen molar-refractivity contribution >= 4 is 43.6 Å². The lowest BCUT2D eigenvalue weighted by molar-refractivity contribution is 0.102. The highest BCUT2D eigenvalue weighted by molar-refractivity contribution is 7.22. The second kappa shape index (κ2) is 5.89. The van der Waals surface area contributed by atoms with Crippen molar-refractivity contribution in [2.75, 3.05) is 12.4 Å². The van der Waals surface area contributed by atoms with Gasteiger partial charge in [0.1, 0.15) is 17.1 Å². The van der Waals surface area contributed by atoms with Crippen molar-refractivity contribution in [3.63, 3.8) is 0 Å². The largest absolute Gasteiger partial charge is 0.497 e. The normalized spacial score (nSPS) is 11.2. The van der Waals surface area contributed by atoms with Crippen molar-refractivity contribution in [1.29, 1.82) is 0 Å². The molecule has 0 fully saturated rings. The summed E-state index contributed by atoms with van der Waals surface area (Å²) in [5.41, 5.74) is 3.20. The van der Waals surface area contributed by atoms with E-state index in [4.69, 9.17) is 9.15 Å². The van der Waals surface area contributed by atoms with Gasteiger partial charge in [-0.3, -0.25) is 10.1 Å². The van der Waals surface area contributed by atoms with E-state index in [0.717, 1.165) is 21.2 Å². The van der Waals surface area contributed by atoms with Crippen LogP contribution in [0.1, 0.15) is 21.7 Å². The maximum absolute atomic E-state index is 12.8. The lowest BCUT2D eigenvalue weighted by Gasteiger charge is -2.02. The Morgan fingerprint density at radius 1 is 1.20 bits per heavy atom. The molecule has 126 valence electrons. The van der Waals surface area contributed by atoms with Gasteiger partial charge in [0.2, 0.25) is 0 Å². The molecule has 4 aromatic rings. The Bertz CT molecular complexity index is 1110. The van der Waals surface area contributed by atoms with Crippen molar-refractivity contribution < 1.29 is 13.9 Å². The fraction of sp³-hybridized carbons (Fsp3) is 0.158. The number of nitrogens with zero attached hydrogens (tertiary/aromatic N) is 1. The van der Waals surface area contributed by atoms with Crippen LogP contribution in [0, 0.1) is 13.8 Å². The van der Waals surface area contributed by atoms with Crippen LogP contribution in [0.5, 0.6) is 5.75 Å². The van der Waals surface area contributed by atoms with Gasteiger partial charge in [-0.2, -0.15) is 0 Å². The highest BCUT2D eigenvalue weighted by atomic mass is 32.1. The molecule has 0 spiro atoms. The van der Waals surface area contributed by atoms with Gasteiger partial charge >= 0.3 is 0 Å². The second-order valence-electron chi connectivity index (χ2n) is 5.84. The zero-order valence-corrected chi connectivity index (χ0v) is 14.9. The number of anilines is 1. The summed E-state index contributed by atoms with van der Waals surface area (Å²) in [6, 6.07) is 11.4. The first-order valence-electron chi connectivity index (χ1n) is 7.81. The van der Waals surface area contributed by atoms with Crippen LogP contribution < -0.4 is 10.1 Å². The summed E-state index contributed by atoms with van der Waals surface area (Å²) in [7, 11) is 1.59. The number of aromatic nitrogens is 1. The van der Waals surface area contributed by atoms with Gasteiger partial charge in [0.15, 0.2) is 5.13 Å². The van der Waals surface area contributed by atoms with E-state index in [0.29, 0.717) is 27.8 Å². The Kier molecular flexibility index (Phi) is 3.69. The molecular weight excluding hydrogens is 336 g/mol. The zero-order valence-electron chi connectivity index (χ0n) is 14.0. The Labute approximate surface area is 148 Å². The molecule has 0 aliphatic rings. The van der Waals surface area contributed by atoms with E-state index in [2.05, 4.69) is 16.4 Å². The molecule has 0 aliphatic heterocycles. The number of ether oxygens (including phenoxy) is 1. The van der Waals surface area contributed by atoms with E-state index in [1.807, 2.05) is 31.2 Å². The molecule has 2 aromatic heterocycles. The fourth-order valence-electron chi connectivity index (χ4n) is 2.85. The van der Waals surface area contributed by atoms with E-state index in [1.165, 1.54) is 11.3 Å². The van der Waals surface area contributed by atoms with E-state index < -0.39 is 0 Å². The number of carbonyl (C=O) groups excluding carboxylic acids is 1. The molecule has 4 rings (SSSR count). The third-order valence-corrected chi connectivity index (χ3v) is 5.00. The van der Waals surface area contributed by atoms with Crippen LogP contribution in [0.15, 0.2) is 40.8 Å². The third-order valence-electron chi connectivity index (χ3n) is 4.06.